The molecule has 1 rings (SSSR count). The minimum Gasteiger partial charge on any atom is -0.331 e. The van der Waals surface area contributed by atoms with Crippen molar-refractivity contribution in [1.29, 1.82) is 0 Å². The Kier molecular flexibility index (Phi) is 3.14. The summed E-state index contributed by atoms with van der Waals surface area (Å²) in [4.78, 5) is 15.1. The molecule has 1 aliphatic heterocycles. The predicted molar refractivity (Wildman–Crippen MR) is 52.4 cm³/mol. The van der Waals surface area contributed by atoms with Gasteiger partial charge in [0.05, 0.1) is 0 Å². The summed E-state index contributed by atoms with van der Waals surface area (Å²) in [5.74, 6) is 0.414. The van der Waals surface area contributed by atoms with Crippen LogP contribution in [0.3, 0.4) is 0 Å². The predicted octanol–water partition coefficient (Wildman–Crippen LogP) is 0.337. The van der Waals surface area contributed by atoms with Crippen molar-refractivity contribution in [2.45, 2.75) is 19.4 Å². The molecule has 0 aromatic rings. The van der Waals surface area contributed by atoms with Gasteiger partial charge in [-0.25, -0.2) is 4.79 Å². The van der Waals surface area contributed by atoms with E-state index in [0.717, 1.165) is 13.0 Å². The van der Waals surface area contributed by atoms with Gasteiger partial charge < -0.3 is 15.5 Å². The molecular weight excluding hydrogens is 166 g/mol. The molecule has 4 nitrogen and oxygen atoms in total. The number of rotatable bonds is 2. The van der Waals surface area contributed by atoms with Crippen LogP contribution in [0.15, 0.2) is 0 Å². The van der Waals surface area contributed by atoms with E-state index in [2.05, 4.69) is 6.92 Å². The monoisotopic (exact) mass is 185 g/mol. The van der Waals surface area contributed by atoms with Crippen LogP contribution in [0.4, 0.5) is 4.79 Å². The van der Waals surface area contributed by atoms with Crippen LogP contribution in [0.5, 0.6) is 0 Å². The average Bonchev–Trinajstić information content (AvgIpc) is 2.01. The molecule has 13 heavy (non-hydrogen) atoms. The van der Waals surface area contributed by atoms with Crippen molar-refractivity contribution in [2.24, 2.45) is 11.7 Å². The first kappa shape index (κ1) is 10.3. The Morgan fingerprint density at radius 3 is 2.62 bits per heavy atom. The summed E-state index contributed by atoms with van der Waals surface area (Å²) in [6, 6.07) is 0.469. The van der Waals surface area contributed by atoms with E-state index in [-0.39, 0.29) is 6.03 Å². The third-order valence-corrected chi connectivity index (χ3v) is 2.72. The molecule has 0 saturated carbocycles. The zero-order chi connectivity index (χ0) is 10.0. The number of nitrogens with zero attached hydrogens (tertiary/aromatic N) is 2. The number of hydrogen-bond acceptors (Lipinski definition) is 2. The summed E-state index contributed by atoms with van der Waals surface area (Å²) < 4.78 is 0. The quantitative estimate of drug-likeness (QED) is 0.674. The fraction of sp³-hybridized carbons (Fsp3) is 0.889. The molecule has 0 aliphatic carbocycles. The molecule has 0 aromatic heterocycles. The first-order chi connectivity index (χ1) is 6.07. The molecule has 2 atom stereocenters. The molecule has 1 heterocycles. The summed E-state index contributed by atoms with van der Waals surface area (Å²) in [7, 11) is 3.57. The Balaban J connectivity index is 2.49. The van der Waals surface area contributed by atoms with Gasteiger partial charge in [-0.2, -0.15) is 0 Å². The van der Waals surface area contributed by atoms with Crippen molar-refractivity contribution in [3.05, 3.63) is 0 Å². The second kappa shape index (κ2) is 3.96. The lowest BCUT2D eigenvalue weighted by Crippen LogP contribution is -2.57. The molecule has 0 spiro atoms. The minimum absolute atomic E-state index is 0.108. The van der Waals surface area contributed by atoms with Crippen molar-refractivity contribution in [2.75, 3.05) is 27.2 Å². The minimum atomic E-state index is 0.108. The standard InChI is InChI=1S/C9H19N3O/c1-7(6-10)8-4-5-12(8)9(13)11(2)3/h7-8H,4-6,10H2,1-3H3. The van der Waals surface area contributed by atoms with Crippen molar-refractivity contribution in [1.82, 2.24) is 9.80 Å². The molecule has 0 radical (unpaired) electrons. The lowest BCUT2D eigenvalue weighted by molar-refractivity contribution is 0.0680. The van der Waals surface area contributed by atoms with Crippen LogP contribution in [0.2, 0.25) is 0 Å². The van der Waals surface area contributed by atoms with Crippen LogP contribution in [0, 0.1) is 5.92 Å². The Bertz CT molecular complexity index is 193. The van der Waals surface area contributed by atoms with Crippen molar-refractivity contribution >= 4 is 6.03 Å². The fourth-order valence-corrected chi connectivity index (χ4v) is 1.65. The van der Waals surface area contributed by atoms with Gasteiger partial charge in [0.25, 0.3) is 0 Å². The van der Waals surface area contributed by atoms with Crippen molar-refractivity contribution in [3.63, 3.8) is 0 Å². The van der Waals surface area contributed by atoms with E-state index in [1.54, 1.807) is 19.0 Å². The Labute approximate surface area is 79.7 Å². The zero-order valence-corrected chi connectivity index (χ0v) is 8.66. The summed E-state index contributed by atoms with van der Waals surface area (Å²) in [5.41, 5.74) is 5.57. The SMILES string of the molecule is CC(CN)C1CCN1C(=O)N(C)C. The third-order valence-electron chi connectivity index (χ3n) is 2.72. The van der Waals surface area contributed by atoms with Gasteiger partial charge in [-0.15, -0.1) is 0 Å². The summed E-state index contributed by atoms with van der Waals surface area (Å²) in [6.07, 6.45) is 1.10. The maximum absolute atomic E-state index is 11.6. The summed E-state index contributed by atoms with van der Waals surface area (Å²) in [5, 5.41) is 0. The van der Waals surface area contributed by atoms with Crippen LogP contribution in [-0.4, -0.2) is 49.1 Å². The highest BCUT2D eigenvalue weighted by atomic mass is 16.2. The second-order valence-corrected chi connectivity index (χ2v) is 3.94. The van der Waals surface area contributed by atoms with E-state index >= 15 is 0 Å². The molecule has 0 bridgehead atoms. The Morgan fingerprint density at radius 2 is 2.31 bits per heavy atom. The Morgan fingerprint density at radius 1 is 1.69 bits per heavy atom. The van der Waals surface area contributed by atoms with Gasteiger partial charge in [-0.05, 0) is 18.9 Å². The topological polar surface area (TPSA) is 49.6 Å². The van der Waals surface area contributed by atoms with Crippen LogP contribution < -0.4 is 5.73 Å². The molecule has 1 aliphatic rings. The zero-order valence-electron chi connectivity index (χ0n) is 8.66. The van der Waals surface area contributed by atoms with Gasteiger partial charge in [-0.1, -0.05) is 6.92 Å². The van der Waals surface area contributed by atoms with Crippen molar-refractivity contribution < 1.29 is 4.79 Å². The first-order valence-corrected chi connectivity index (χ1v) is 4.76. The molecule has 2 amide bonds. The van der Waals surface area contributed by atoms with E-state index in [9.17, 15) is 4.79 Å². The lowest BCUT2D eigenvalue weighted by atomic mass is 9.91. The molecule has 1 fully saturated rings. The highest BCUT2D eigenvalue weighted by Crippen LogP contribution is 2.24. The van der Waals surface area contributed by atoms with E-state index in [1.807, 2.05) is 4.90 Å². The molecule has 1 saturated heterocycles. The average molecular weight is 185 g/mol. The van der Waals surface area contributed by atoms with Gasteiger partial charge in [0.1, 0.15) is 0 Å². The molecule has 0 aromatic carbocycles. The van der Waals surface area contributed by atoms with E-state index in [0.29, 0.717) is 18.5 Å². The first-order valence-electron chi connectivity index (χ1n) is 4.76. The number of carbonyl (C=O) groups excluding carboxylic acids is 1. The number of hydrogen-bond donors (Lipinski definition) is 1. The van der Waals surface area contributed by atoms with Crippen LogP contribution in [0.1, 0.15) is 13.3 Å². The third kappa shape index (κ3) is 1.94. The van der Waals surface area contributed by atoms with Gasteiger partial charge in [0.15, 0.2) is 0 Å². The van der Waals surface area contributed by atoms with Gasteiger partial charge in [-0.3, -0.25) is 0 Å². The molecule has 2 N–H and O–H groups in total. The van der Waals surface area contributed by atoms with E-state index in [1.165, 1.54) is 0 Å². The van der Waals surface area contributed by atoms with Crippen LogP contribution in [0.25, 0.3) is 0 Å². The summed E-state index contributed by atoms with van der Waals surface area (Å²) in [6.45, 7) is 3.63. The number of likely N-dealkylation sites (tertiary alicyclic amines) is 1. The number of carbonyl (C=O) groups is 1. The van der Waals surface area contributed by atoms with E-state index in [4.69, 9.17) is 5.73 Å². The smallest absolute Gasteiger partial charge is 0.319 e. The Hall–Kier alpha value is -0.770. The number of nitrogens with two attached hydrogens (primary N) is 1. The lowest BCUT2D eigenvalue weighted by Gasteiger charge is -2.45. The van der Waals surface area contributed by atoms with E-state index < -0.39 is 0 Å². The van der Waals surface area contributed by atoms with Crippen LogP contribution >= 0.6 is 0 Å². The molecule has 4 heteroatoms. The van der Waals surface area contributed by atoms with Crippen molar-refractivity contribution in [3.8, 4) is 0 Å². The number of amides is 2. The highest BCUT2D eigenvalue weighted by molar-refractivity contribution is 5.75. The highest BCUT2D eigenvalue weighted by Gasteiger charge is 2.35. The number of urea groups is 1. The van der Waals surface area contributed by atoms with Gasteiger partial charge in [0.2, 0.25) is 0 Å². The molecule has 76 valence electrons. The fourth-order valence-electron chi connectivity index (χ4n) is 1.65. The maximum Gasteiger partial charge on any atom is 0.319 e. The maximum atomic E-state index is 11.6. The van der Waals surface area contributed by atoms with Gasteiger partial charge in [0, 0.05) is 26.7 Å². The molecular formula is C9H19N3O. The van der Waals surface area contributed by atoms with Crippen LogP contribution in [-0.2, 0) is 0 Å². The van der Waals surface area contributed by atoms with Gasteiger partial charge >= 0.3 is 6.03 Å². The molecule has 2 unspecified atom stereocenters. The largest absolute Gasteiger partial charge is 0.331 e. The second-order valence-electron chi connectivity index (χ2n) is 3.94. The summed E-state index contributed by atoms with van der Waals surface area (Å²) >= 11 is 0. The normalized spacial score (nSPS) is 23.7.